The van der Waals surface area contributed by atoms with Crippen molar-refractivity contribution in [2.75, 3.05) is 51.9 Å². The van der Waals surface area contributed by atoms with E-state index in [1.54, 1.807) is 0 Å². The van der Waals surface area contributed by atoms with E-state index in [1.165, 1.54) is 25.3 Å². The monoisotopic (exact) mass is 327 g/mol. The zero-order valence-electron chi connectivity index (χ0n) is 12.9. The Hall–Kier alpha value is -2.23. The highest BCUT2D eigenvalue weighted by atomic mass is 16.6. The third-order valence-electron chi connectivity index (χ3n) is 2.81. The highest BCUT2D eigenvalue weighted by Gasteiger charge is 2.16. The molecule has 128 valence electrons. The van der Waals surface area contributed by atoms with Crippen LogP contribution in [0.3, 0.4) is 0 Å². The first kappa shape index (κ1) is 18.8. The Labute approximate surface area is 133 Å². The van der Waals surface area contributed by atoms with E-state index in [4.69, 9.17) is 15.2 Å². The smallest absolute Gasteiger partial charge is 0.337 e. The van der Waals surface area contributed by atoms with Crippen molar-refractivity contribution in [2.45, 2.75) is 0 Å². The molecule has 9 heteroatoms. The lowest BCUT2D eigenvalue weighted by molar-refractivity contribution is -0.384. The second-order valence-corrected chi connectivity index (χ2v) is 4.42. The quantitative estimate of drug-likeness (QED) is 0.264. The zero-order valence-corrected chi connectivity index (χ0v) is 12.9. The number of nitro benzene ring substituents is 1. The summed E-state index contributed by atoms with van der Waals surface area (Å²) in [5.41, 5.74) is 5.62. The molecular formula is C14H21N3O6. The number of carbonyl (C=O) groups is 1. The number of methoxy groups -OCH3 is 1. The molecule has 1 aromatic carbocycles. The highest BCUT2D eigenvalue weighted by molar-refractivity contribution is 5.91. The van der Waals surface area contributed by atoms with Gasteiger partial charge in [0.2, 0.25) is 0 Å². The highest BCUT2D eigenvalue weighted by Crippen LogP contribution is 2.25. The Bertz CT molecular complexity index is 523. The standard InChI is InChI=1S/C14H21N3O6/c1-21-14(18)11-2-3-13(17(19)20)12(10-11)16-5-7-23-9-8-22-6-4-15/h2-3,10,16H,4-9,15H2,1H3. The molecule has 0 unspecified atom stereocenters. The van der Waals surface area contributed by atoms with Gasteiger partial charge in [0.05, 0.1) is 44.0 Å². The van der Waals surface area contributed by atoms with Crippen LogP contribution in [0.4, 0.5) is 11.4 Å². The lowest BCUT2D eigenvalue weighted by Crippen LogP contribution is -2.15. The Morgan fingerprint density at radius 2 is 1.96 bits per heavy atom. The number of hydrogen-bond acceptors (Lipinski definition) is 8. The van der Waals surface area contributed by atoms with Gasteiger partial charge in [-0.2, -0.15) is 0 Å². The van der Waals surface area contributed by atoms with E-state index in [-0.39, 0.29) is 16.9 Å². The minimum absolute atomic E-state index is 0.121. The molecule has 9 nitrogen and oxygen atoms in total. The number of hydrogen-bond donors (Lipinski definition) is 2. The number of benzene rings is 1. The number of nitro groups is 1. The van der Waals surface area contributed by atoms with Gasteiger partial charge in [-0.15, -0.1) is 0 Å². The van der Waals surface area contributed by atoms with Crippen LogP contribution in [0.25, 0.3) is 0 Å². The lowest BCUT2D eigenvalue weighted by atomic mass is 10.1. The first-order valence-electron chi connectivity index (χ1n) is 7.06. The SMILES string of the molecule is COC(=O)c1ccc([N+](=O)[O-])c(NCCOCCOCCN)c1. The number of carbonyl (C=O) groups excluding carboxylic acids is 1. The fraction of sp³-hybridized carbons (Fsp3) is 0.500. The third-order valence-corrected chi connectivity index (χ3v) is 2.81. The summed E-state index contributed by atoms with van der Waals surface area (Å²) in [6, 6.07) is 3.99. The van der Waals surface area contributed by atoms with Gasteiger partial charge in [0, 0.05) is 19.2 Å². The van der Waals surface area contributed by atoms with Gasteiger partial charge in [0.25, 0.3) is 5.69 Å². The summed E-state index contributed by atoms with van der Waals surface area (Å²) in [7, 11) is 1.25. The maximum Gasteiger partial charge on any atom is 0.337 e. The van der Waals surface area contributed by atoms with Crippen LogP contribution in [0.15, 0.2) is 18.2 Å². The van der Waals surface area contributed by atoms with Gasteiger partial charge in [-0.25, -0.2) is 4.79 Å². The van der Waals surface area contributed by atoms with Gasteiger partial charge >= 0.3 is 5.97 Å². The van der Waals surface area contributed by atoms with E-state index < -0.39 is 10.9 Å². The molecule has 1 aromatic rings. The average molecular weight is 327 g/mol. The molecule has 0 fully saturated rings. The van der Waals surface area contributed by atoms with E-state index in [9.17, 15) is 14.9 Å². The van der Waals surface area contributed by atoms with Gasteiger partial charge in [0.15, 0.2) is 0 Å². The fourth-order valence-electron chi connectivity index (χ4n) is 1.74. The molecule has 0 saturated carbocycles. The average Bonchev–Trinajstić information content (AvgIpc) is 2.56. The molecule has 1 rings (SSSR count). The van der Waals surface area contributed by atoms with Crippen molar-refractivity contribution in [1.29, 1.82) is 0 Å². The molecule has 0 spiro atoms. The molecule has 0 saturated heterocycles. The van der Waals surface area contributed by atoms with Gasteiger partial charge in [-0.3, -0.25) is 10.1 Å². The number of rotatable bonds is 11. The van der Waals surface area contributed by atoms with Crippen molar-refractivity contribution in [3.8, 4) is 0 Å². The minimum Gasteiger partial charge on any atom is -0.465 e. The van der Waals surface area contributed by atoms with E-state index in [0.717, 1.165) is 0 Å². The normalized spacial score (nSPS) is 10.3. The molecule has 0 aliphatic carbocycles. The van der Waals surface area contributed by atoms with Crippen molar-refractivity contribution >= 4 is 17.3 Å². The van der Waals surface area contributed by atoms with Gasteiger partial charge in [0.1, 0.15) is 5.69 Å². The molecule has 0 heterocycles. The van der Waals surface area contributed by atoms with E-state index in [2.05, 4.69) is 10.1 Å². The van der Waals surface area contributed by atoms with Crippen molar-refractivity contribution < 1.29 is 23.9 Å². The largest absolute Gasteiger partial charge is 0.465 e. The number of esters is 1. The molecule has 0 atom stereocenters. The summed E-state index contributed by atoms with van der Waals surface area (Å²) < 4.78 is 15.1. The van der Waals surface area contributed by atoms with Crippen LogP contribution in [0.1, 0.15) is 10.4 Å². The molecule has 0 radical (unpaired) electrons. The maximum atomic E-state index is 11.5. The predicted molar refractivity (Wildman–Crippen MR) is 83.6 cm³/mol. The minimum atomic E-state index is -0.559. The molecule has 23 heavy (non-hydrogen) atoms. The first-order valence-corrected chi connectivity index (χ1v) is 7.06. The second kappa shape index (κ2) is 10.5. The zero-order chi connectivity index (χ0) is 17.1. The van der Waals surface area contributed by atoms with E-state index >= 15 is 0 Å². The van der Waals surface area contributed by atoms with Crippen molar-refractivity contribution in [2.24, 2.45) is 5.73 Å². The summed E-state index contributed by atoms with van der Waals surface area (Å²) in [5, 5.41) is 13.9. The topological polar surface area (TPSA) is 126 Å². The Balaban J connectivity index is 2.50. The van der Waals surface area contributed by atoms with Crippen molar-refractivity contribution in [3.05, 3.63) is 33.9 Å². The van der Waals surface area contributed by atoms with E-state index in [0.29, 0.717) is 39.5 Å². The molecule has 0 aliphatic rings. The Kier molecular flexibility index (Phi) is 8.58. The van der Waals surface area contributed by atoms with Crippen LogP contribution in [0, 0.1) is 10.1 Å². The molecular weight excluding hydrogens is 306 g/mol. The Morgan fingerprint density at radius 3 is 2.57 bits per heavy atom. The number of nitrogens with two attached hydrogens (primary N) is 1. The van der Waals surface area contributed by atoms with Crippen LogP contribution in [0.2, 0.25) is 0 Å². The summed E-state index contributed by atoms with van der Waals surface area (Å²) in [5.74, 6) is -0.559. The van der Waals surface area contributed by atoms with Crippen LogP contribution in [-0.4, -0.2) is 57.5 Å². The summed E-state index contributed by atoms with van der Waals surface area (Å²) >= 11 is 0. The lowest BCUT2D eigenvalue weighted by Gasteiger charge is -2.09. The fourth-order valence-corrected chi connectivity index (χ4v) is 1.74. The molecule has 0 bridgehead atoms. The third kappa shape index (κ3) is 6.59. The number of anilines is 1. The molecule has 0 aromatic heterocycles. The maximum absolute atomic E-state index is 11.5. The molecule has 0 amide bonds. The van der Waals surface area contributed by atoms with Gasteiger partial charge < -0.3 is 25.3 Å². The van der Waals surface area contributed by atoms with Crippen LogP contribution >= 0.6 is 0 Å². The van der Waals surface area contributed by atoms with Crippen molar-refractivity contribution in [3.63, 3.8) is 0 Å². The van der Waals surface area contributed by atoms with Crippen LogP contribution in [0.5, 0.6) is 0 Å². The van der Waals surface area contributed by atoms with Gasteiger partial charge in [-0.05, 0) is 12.1 Å². The summed E-state index contributed by atoms with van der Waals surface area (Å²) in [4.78, 5) is 22.0. The van der Waals surface area contributed by atoms with Gasteiger partial charge in [-0.1, -0.05) is 0 Å². The number of ether oxygens (including phenoxy) is 3. The number of nitrogens with one attached hydrogen (secondary N) is 1. The summed E-state index contributed by atoms with van der Waals surface area (Å²) in [6.45, 7) is 2.48. The molecule has 0 aliphatic heterocycles. The predicted octanol–water partition coefficient (Wildman–Crippen LogP) is 0.785. The Morgan fingerprint density at radius 1 is 1.26 bits per heavy atom. The summed E-state index contributed by atoms with van der Waals surface area (Å²) in [6.07, 6.45) is 0. The van der Waals surface area contributed by atoms with Crippen LogP contribution < -0.4 is 11.1 Å². The van der Waals surface area contributed by atoms with Crippen molar-refractivity contribution in [1.82, 2.24) is 0 Å². The van der Waals surface area contributed by atoms with Crippen LogP contribution in [-0.2, 0) is 14.2 Å². The second-order valence-electron chi connectivity index (χ2n) is 4.42. The van der Waals surface area contributed by atoms with E-state index in [1.807, 2.05) is 0 Å². The first-order chi connectivity index (χ1) is 11.1. The molecule has 3 N–H and O–H groups in total. The number of nitrogens with zero attached hydrogens (tertiary/aromatic N) is 1.